The van der Waals surface area contributed by atoms with Crippen molar-refractivity contribution in [1.82, 2.24) is 5.32 Å². The normalized spacial score (nSPS) is 11.9. The van der Waals surface area contributed by atoms with Gasteiger partial charge in [-0.05, 0) is 38.5 Å². The minimum Gasteiger partial charge on any atom is -0.480 e. The van der Waals surface area contributed by atoms with Gasteiger partial charge in [-0.25, -0.2) is 0 Å². The molecule has 0 radical (unpaired) electrons. The van der Waals surface area contributed by atoms with Crippen molar-refractivity contribution in [3.05, 3.63) is 0 Å². The molecule has 272 valence electrons. The molecular weight excluding hydrogens is 574 g/mol. The number of hydrogen-bond donors (Lipinski definition) is 2. The van der Waals surface area contributed by atoms with E-state index in [4.69, 9.17) is 9.84 Å². The van der Waals surface area contributed by atoms with Crippen LogP contribution >= 0.6 is 0 Å². The van der Waals surface area contributed by atoms with Gasteiger partial charge in [0.25, 0.3) is 0 Å². The quantitative estimate of drug-likeness (QED) is 0.0515. The minimum atomic E-state index is -1.02. The second-order valence-corrected chi connectivity index (χ2v) is 13.9. The van der Waals surface area contributed by atoms with Crippen LogP contribution in [0.1, 0.15) is 226 Å². The fourth-order valence-electron chi connectivity index (χ4n) is 6.28. The molecule has 0 saturated heterocycles. The molecular formula is C40H77NO5. The number of carboxylic acid groups (broad SMARTS) is 1. The predicted octanol–water partition coefficient (Wildman–Crippen LogP) is 12.0. The second kappa shape index (κ2) is 36.2. The molecule has 0 aromatic heterocycles. The van der Waals surface area contributed by atoms with Crippen molar-refractivity contribution in [3.8, 4) is 0 Å². The highest BCUT2D eigenvalue weighted by Gasteiger charge is 2.14. The lowest BCUT2D eigenvalue weighted by atomic mass is 10.0. The number of amides is 1. The van der Waals surface area contributed by atoms with Crippen molar-refractivity contribution in [2.75, 3.05) is 6.54 Å². The third kappa shape index (κ3) is 35.3. The summed E-state index contributed by atoms with van der Waals surface area (Å²) in [7, 11) is 0. The predicted molar refractivity (Wildman–Crippen MR) is 194 cm³/mol. The van der Waals surface area contributed by atoms with Crippen LogP contribution in [-0.2, 0) is 19.1 Å². The maximum absolute atomic E-state index is 12.6. The number of ether oxygens (including phenoxy) is 1. The lowest BCUT2D eigenvalue weighted by Crippen LogP contribution is -2.28. The van der Waals surface area contributed by atoms with Gasteiger partial charge in [-0.3, -0.25) is 14.4 Å². The summed E-state index contributed by atoms with van der Waals surface area (Å²) in [5.74, 6) is -1.26. The van der Waals surface area contributed by atoms with Crippen LogP contribution in [-0.4, -0.2) is 35.6 Å². The van der Waals surface area contributed by atoms with E-state index in [2.05, 4.69) is 19.2 Å². The summed E-state index contributed by atoms with van der Waals surface area (Å²) < 4.78 is 5.92. The number of carbonyl (C=O) groups excluding carboxylic acids is 2. The lowest BCUT2D eigenvalue weighted by molar-refractivity contribution is -0.150. The monoisotopic (exact) mass is 652 g/mol. The zero-order valence-corrected chi connectivity index (χ0v) is 30.7. The molecule has 0 aliphatic rings. The van der Waals surface area contributed by atoms with E-state index in [0.29, 0.717) is 12.8 Å². The van der Waals surface area contributed by atoms with E-state index in [-0.39, 0.29) is 24.5 Å². The van der Waals surface area contributed by atoms with Gasteiger partial charge in [0.1, 0.15) is 12.6 Å². The smallest absolute Gasteiger partial charge is 0.322 e. The molecule has 0 aliphatic heterocycles. The van der Waals surface area contributed by atoms with Crippen LogP contribution in [0.4, 0.5) is 0 Å². The molecule has 6 nitrogen and oxygen atoms in total. The van der Waals surface area contributed by atoms with Gasteiger partial charge in [-0.1, -0.05) is 174 Å². The Morgan fingerprint density at radius 2 is 0.804 bits per heavy atom. The van der Waals surface area contributed by atoms with E-state index in [1.165, 1.54) is 141 Å². The largest absolute Gasteiger partial charge is 0.480 e. The van der Waals surface area contributed by atoms with Crippen molar-refractivity contribution < 1.29 is 24.2 Å². The number of nitrogens with one attached hydrogen (secondary N) is 1. The number of unbranched alkanes of at least 4 members (excludes halogenated alkanes) is 26. The molecule has 0 saturated carbocycles. The number of carbonyl (C=O) groups is 3. The number of rotatable bonds is 37. The van der Waals surface area contributed by atoms with Crippen molar-refractivity contribution in [1.29, 1.82) is 0 Å². The molecule has 0 fully saturated rings. The highest BCUT2D eigenvalue weighted by atomic mass is 16.5. The van der Waals surface area contributed by atoms with Crippen LogP contribution in [0.25, 0.3) is 0 Å². The minimum absolute atomic E-state index is 0.0122. The highest BCUT2D eigenvalue weighted by molar-refractivity contribution is 5.80. The Morgan fingerprint density at radius 1 is 0.478 bits per heavy atom. The zero-order chi connectivity index (χ0) is 33.8. The maximum Gasteiger partial charge on any atom is 0.322 e. The first kappa shape index (κ1) is 44.4. The van der Waals surface area contributed by atoms with Gasteiger partial charge in [-0.2, -0.15) is 0 Å². The Hall–Kier alpha value is -1.59. The summed E-state index contributed by atoms with van der Waals surface area (Å²) in [4.78, 5) is 34.7. The summed E-state index contributed by atoms with van der Waals surface area (Å²) in [6.45, 7) is 4.18. The Morgan fingerprint density at radius 3 is 1.20 bits per heavy atom. The van der Waals surface area contributed by atoms with E-state index < -0.39 is 5.97 Å². The Balaban J connectivity index is 3.70. The molecule has 0 aliphatic carbocycles. The molecule has 46 heavy (non-hydrogen) atoms. The van der Waals surface area contributed by atoms with Crippen molar-refractivity contribution in [2.45, 2.75) is 232 Å². The summed E-state index contributed by atoms with van der Waals surface area (Å²) in [6.07, 6.45) is 39.7. The molecule has 0 aromatic carbocycles. The third-order valence-corrected chi connectivity index (χ3v) is 9.28. The van der Waals surface area contributed by atoms with Gasteiger partial charge in [0, 0.05) is 12.8 Å². The van der Waals surface area contributed by atoms with Crippen molar-refractivity contribution >= 4 is 17.8 Å². The molecule has 0 rings (SSSR count). The summed E-state index contributed by atoms with van der Waals surface area (Å²) in [5.41, 5.74) is 0. The Kier molecular flexibility index (Phi) is 35.0. The fourth-order valence-corrected chi connectivity index (χ4v) is 6.28. The molecule has 0 bridgehead atoms. The average Bonchev–Trinajstić information content (AvgIpc) is 3.04. The molecule has 1 unspecified atom stereocenters. The highest BCUT2D eigenvalue weighted by Crippen LogP contribution is 2.18. The van der Waals surface area contributed by atoms with E-state index in [1.807, 2.05) is 0 Å². The van der Waals surface area contributed by atoms with Gasteiger partial charge in [0.15, 0.2) is 0 Å². The third-order valence-electron chi connectivity index (χ3n) is 9.28. The molecule has 0 heterocycles. The van der Waals surface area contributed by atoms with E-state index in [0.717, 1.165) is 57.8 Å². The fraction of sp³-hybridized carbons (Fsp3) is 0.925. The van der Waals surface area contributed by atoms with Gasteiger partial charge in [0.2, 0.25) is 5.91 Å². The van der Waals surface area contributed by atoms with E-state index in [9.17, 15) is 14.4 Å². The molecule has 0 spiro atoms. The summed E-state index contributed by atoms with van der Waals surface area (Å²) in [6, 6.07) is 0. The van der Waals surface area contributed by atoms with Crippen LogP contribution in [0.3, 0.4) is 0 Å². The van der Waals surface area contributed by atoms with Crippen molar-refractivity contribution in [3.63, 3.8) is 0 Å². The number of aliphatic carboxylic acids is 1. The van der Waals surface area contributed by atoms with Gasteiger partial charge in [0.05, 0.1) is 0 Å². The average molecular weight is 652 g/mol. The lowest BCUT2D eigenvalue weighted by Gasteiger charge is -2.18. The molecule has 1 amide bonds. The Labute approximate surface area is 285 Å². The molecule has 1 atom stereocenters. The van der Waals surface area contributed by atoms with E-state index in [1.54, 1.807) is 0 Å². The number of esters is 1. The maximum atomic E-state index is 12.6. The first-order valence-corrected chi connectivity index (χ1v) is 20.2. The van der Waals surface area contributed by atoms with Crippen LogP contribution in [0.5, 0.6) is 0 Å². The number of carboxylic acids is 1. The SMILES string of the molecule is CCCCCCCCCCCCCCCCCCCCCCCC(=O)OC(CCCCCC)CCCCCCC(=O)NCC(=O)O. The van der Waals surface area contributed by atoms with Crippen LogP contribution < -0.4 is 5.32 Å². The van der Waals surface area contributed by atoms with Gasteiger partial charge >= 0.3 is 11.9 Å². The van der Waals surface area contributed by atoms with Gasteiger partial charge in [-0.15, -0.1) is 0 Å². The summed E-state index contributed by atoms with van der Waals surface area (Å²) >= 11 is 0. The standard InChI is InChI=1S/C40H77NO5/c1-3-5-7-9-10-11-12-13-14-15-16-17-18-19-20-21-22-23-24-25-31-35-40(45)46-37(32-28-8-6-4-2)33-29-26-27-30-34-38(42)41-36-39(43)44/h37H,3-36H2,1-2H3,(H,41,42)(H,43,44). The number of hydrogen-bond acceptors (Lipinski definition) is 4. The zero-order valence-electron chi connectivity index (χ0n) is 30.7. The second-order valence-electron chi connectivity index (χ2n) is 13.9. The van der Waals surface area contributed by atoms with Crippen LogP contribution in [0.15, 0.2) is 0 Å². The first-order valence-electron chi connectivity index (χ1n) is 20.2. The van der Waals surface area contributed by atoms with Crippen LogP contribution in [0, 0.1) is 0 Å². The molecule has 2 N–H and O–H groups in total. The van der Waals surface area contributed by atoms with Crippen LogP contribution in [0.2, 0.25) is 0 Å². The Bertz CT molecular complexity index is 683. The summed E-state index contributed by atoms with van der Waals surface area (Å²) in [5, 5.41) is 11.0. The molecule has 6 heteroatoms. The molecule has 0 aromatic rings. The van der Waals surface area contributed by atoms with Crippen molar-refractivity contribution in [2.24, 2.45) is 0 Å². The van der Waals surface area contributed by atoms with Gasteiger partial charge < -0.3 is 15.2 Å². The first-order chi connectivity index (χ1) is 22.5. The topological polar surface area (TPSA) is 92.7 Å². The van der Waals surface area contributed by atoms with E-state index >= 15 is 0 Å².